The minimum absolute atomic E-state index is 0.0277. The molecule has 0 saturated carbocycles. The molecule has 14 atom stereocenters. The Balaban J connectivity index is 1.77. The predicted octanol–water partition coefficient (Wildman–Crippen LogP) is 3.59. The van der Waals surface area contributed by atoms with Gasteiger partial charge in [0.1, 0.15) is 17.8 Å². The number of aliphatic hydroxyl groups is 3. The molecule has 0 aromatic heterocycles. The zero-order valence-corrected chi connectivity index (χ0v) is 32.0. The number of cyclic esters (lactones) is 1. The zero-order chi connectivity index (χ0) is 37.1. The number of carbonyl (C=O) groups excluding carboxylic acids is 1. The van der Waals surface area contributed by atoms with Crippen LogP contribution in [0.3, 0.4) is 0 Å². The number of likely N-dealkylation sites (N-methyl/N-ethyl adjacent to an activating group) is 1. The molecule has 0 unspecified atom stereocenters. The zero-order valence-electron chi connectivity index (χ0n) is 32.0. The fourth-order valence-corrected chi connectivity index (χ4v) is 8.19. The van der Waals surface area contributed by atoms with Gasteiger partial charge in [-0.2, -0.15) is 0 Å². The van der Waals surface area contributed by atoms with Crippen LogP contribution < -0.4 is 0 Å². The number of nitrogens with zero attached hydrogens (tertiary/aromatic N) is 3. The number of ether oxygens (including phenoxy) is 5. The number of aliphatic imine (C=N–C) groups is 1. The highest BCUT2D eigenvalue weighted by atomic mass is 16.7. The fraction of sp³-hybridized carbons (Fsp3) is 0.789. The van der Waals surface area contributed by atoms with Gasteiger partial charge in [-0.3, -0.25) is 4.79 Å². The van der Waals surface area contributed by atoms with Crippen molar-refractivity contribution >= 4 is 12.0 Å². The van der Waals surface area contributed by atoms with Crippen LogP contribution in [0, 0.1) is 17.8 Å². The fourth-order valence-electron chi connectivity index (χ4n) is 8.19. The summed E-state index contributed by atoms with van der Waals surface area (Å²) in [5, 5.41) is 35.3. The van der Waals surface area contributed by atoms with Crippen LogP contribution in [-0.4, -0.2) is 131 Å². The van der Waals surface area contributed by atoms with Crippen molar-refractivity contribution in [1.29, 1.82) is 0 Å². The number of carbonyl (C=O) groups is 1. The number of hydrogen-bond acceptors (Lipinski definition) is 11. The summed E-state index contributed by atoms with van der Waals surface area (Å²) in [6.07, 6.45) is -4.40. The third-order valence-electron chi connectivity index (χ3n) is 11.3. The van der Waals surface area contributed by atoms with Gasteiger partial charge in [0, 0.05) is 25.6 Å². The Kier molecular flexibility index (Phi) is 13.4. The first-order valence-electron chi connectivity index (χ1n) is 18.3. The first-order valence-corrected chi connectivity index (χ1v) is 18.3. The van der Waals surface area contributed by atoms with Crippen LogP contribution in [0.1, 0.15) is 80.2 Å². The second kappa shape index (κ2) is 16.6. The molecule has 12 nitrogen and oxygen atoms in total. The van der Waals surface area contributed by atoms with E-state index in [9.17, 15) is 20.1 Å². The van der Waals surface area contributed by atoms with E-state index in [1.807, 2.05) is 83.9 Å². The lowest BCUT2D eigenvalue weighted by atomic mass is 9.77. The molecule has 3 heterocycles. The number of rotatable bonds is 7. The van der Waals surface area contributed by atoms with Crippen molar-refractivity contribution in [3.05, 3.63) is 35.9 Å². The van der Waals surface area contributed by atoms with Crippen molar-refractivity contribution in [1.82, 2.24) is 9.80 Å². The number of esters is 1. The number of benzene rings is 1. The van der Waals surface area contributed by atoms with E-state index in [4.69, 9.17) is 28.7 Å². The van der Waals surface area contributed by atoms with Crippen LogP contribution >= 0.6 is 0 Å². The Bertz CT molecular complexity index is 1280. The second-order valence-electron chi connectivity index (χ2n) is 15.7. The number of hydrogen-bond donors (Lipinski definition) is 3. The smallest absolute Gasteiger partial charge is 0.311 e. The van der Waals surface area contributed by atoms with Crippen LogP contribution in [0.25, 0.3) is 0 Å². The molecule has 1 aromatic carbocycles. The van der Waals surface area contributed by atoms with Crippen molar-refractivity contribution in [2.24, 2.45) is 22.7 Å². The number of fused-ring (bicyclic) bond motifs is 2. The van der Waals surface area contributed by atoms with E-state index >= 15 is 0 Å². The molecule has 2 bridgehead atoms. The molecule has 3 N–H and O–H groups in total. The normalized spacial score (nSPS) is 42.9. The molecule has 1 aromatic rings. The number of amidine groups is 1. The third kappa shape index (κ3) is 8.65. The molecule has 0 aliphatic carbocycles. The van der Waals surface area contributed by atoms with Gasteiger partial charge in [0.05, 0.1) is 42.4 Å². The molecule has 3 aliphatic heterocycles. The average molecular weight is 706 g/mol. The SMILES string of the molecule is CC[C@H]1OC(=O)[C@H](C)[C@@H](O)[C@H](C)[C@@H](O[C@@H]2O[C@H](C)C[C@H](N(C)C)[C@H]2O)[C@](C)(OC)C[C@@H](C)CN2C(=NCc3ccccc3)O[C@H]([C@H]2C)[C@]1(C)O. The van der Waals surface area contributed by atoms with Crippen molar-refractivity contribution < 1.29 is 43.8 Å². The van der Waals surface area contributed by atoms with Crippen molar-refractivity contribution in [2.45, 2.75) is 147 Å². The molecule has 3 fully saturated rings. The number of methoxy groups -OCH3 is 1. The van der Waals surface area contributed by atoms with E-state index in [1.54, 1.807) is 21.0 Å². The van der Waals surface area contributed by atoms with Gasteiger partial charge >= 0.3 is 5.97 Å². The molecule has 4 rings (SSSR count). The molecule has 50 heavy (non-hydrogen) atoms. The monoisotopic (exact) mass is 705 g/mol. The van der Waals surface area contributed by atoms with E-state index in [2.05, 4.69) is 11.8 Å². The molecule has 0 radical (unpaired) electrons. The van der Waals surface area contributed by atoms with E-state index in [0.29, 0.717) is 38.4 Å². The highest BCUT2D eigenvalue weighted by Gasteiger charge is 2.54. The minimum Gasteiger partial charge on any atom is -0.459 e. The first kappa shape index (κ1) is 40.5. The quantitative estimate of drug-likeness (QED) is 0.359. The van der Waals surface area contributed by atoms with Gasteiger partial charge in [0.15, 0.2) is 12.4 Å². The lowest BCUT2D eigenvalue weighted by molar-refractivity contribution is -0.301. The maximum Gasteiger partial charge on any atom is 0.311 e. The lowest BCUT2D eigenvalue weighted by Gasteiger charge is -2.48. The highest BCUT2D eigenvalue weighted by molar-refractivity contribution is 5.77. The summed E-state index contributed by atoms with van der Waals surface area (Å²) in [6.45, 7) is 15.8. The summed E-state index contributed by atoms with van der Waals surface area (Å²) in [5.74, 6) is -2.31. The Labute approximate surface area is 299 Å². The molecular weight excluding hydrogens is 642 g/mol. The maximum absolute atomic E-state index is 13.8. The van der Waals surface area contributed by atoms with E-state index < -0.39 is 65.8 Å². The van der Waals surface area contributed by atoms with Crippen LogP contribution in [0.15, 0.2) is 35.3 Å². The van der Waals surface area contributed by atoms with Crippen LogP contribution in [0.2, 0.25) is 0 Å². The Morgan fingerprint density at radius 2 is 1.70 bits per heavy atom. The Morgan fingerprint density at radius 3 is 2.30 bits per heavy atom. The third-order valence-corrected chi connectivity index (χ3v) is 11.3. The minimum atomic E-state index is -1.58. The van der Waals surface area contributed by atoms with Crippen LogP contribution in [0.4, 0.5) is 0 Å². The predicted molar refractivity (Wildman–Crippen MR) is 190 cm³/mol. The summed E-state index contributed by atoms with van der Waals surface area (Å²) in [7, 11) is 5.45. The summed E-state index contributed by atoms with van der Waals surface area (Å²) in [4.78, 5) is 22.7. The highest BCUT2D eigenvalue weighted by Crippen LogP contribution is 2.39. The average Bonchev–Trinajstić information content (AvgIpc) is 3.39. The first-order chi connectivity index (χ1) is 23.4. The standard InChI is InChI=1S/C38H63N3O9/c1-12-29-38(8,45)33-26(6)41(36(50-33)39-20-27-16-14-13-15-17-27)21-22(2)19-37(7,46-11)32(24(4)30(42)25(5)34(44)48-29)49-35-31(43)28(40(9)10)18-23(3)47-35/h13-17,22-26,28-33,35,42-43,45H,12,18-21H2,1-11H3/t22-,23-,24+,25-,26-,28+,29-,30+,31-,32-,33-,35+,37-,38-/m1/s1. The Morgan fingerprint density at radius 1 is 1.04 bits per heavy atom. The van der Waals surface area contributed by atoms with Gasteiger partial charge in [-0.25, -0.2) is 4.99 Å². The molecular formula is C38H63N3O9. The van der Waals surface area contributed by atoms with Crippen LogP contribution in [0.5, 0.6) is 0 Å². The maximum atomic E-state index is 13.8. The van der Waals surface area contributed by atoms with E-state index in [1.165, 1.54) is 0 Å². The van der Waals surface area contributed by atoms with Gasteiger partial charge in [-0.1, -0.05) is 51.1 Å². The summed E-state index contributed by atoms with van der Waals surface area (Å²) >= 11 is 0. The number of aliphatic hydroxyl groups excluding tert-OH is 2. The van der Waals surface area contributed by atoms with Gasteiger partial charge in [-0.05, 0) is 79.5 Å². The summed E-state index contributed by atoms with van der Waals surface area (Å²) in [6, 6.07) is 9.79. The van der Waals surface area contributed by atoms with Crippen molar-refractivity contribution in [3.63, 3.8) is 0 Å². The molecule has 0 amide bonds. The van der Waals surface area contributed by atoms with E-state index in [-0.39, 0.29) is 24.1 Å². The van der Waals surface area contributed by atoms with Crippen molar-refractivity contribution in [2.75, 3.05) is 27.7 Å². The molecule has 3 aliphatic rings. The van der Waals surface area contributed by atoms with Crippen LogP contribution in [-0.2, 0) is 35.0 Å². The van der Waals surface area contributed by atoms with E-state index in [0.717, 1.165) is 5.56 Å². The second-order valence-corrected chi connectivity index (χ2v) is 15.7. The molecule has 3 saturated heterocycles. The lowest BCUT2D eigenvalue weighted by Crippen LogP contribution is -2.59. The topological polar surface area (TPSA) is 143 Å². The molecule has 284 valence electrons. The van der Waals surface area contributed by atoms with Gasteiger partial charge in [0.2, 0.25) is 0 Å². The van der Waals surface area contributed by atoms with Crippen molar-refractivity contribution in [3.8, 4) is 0 Å². The largest absolute Gasteiger partial charge is 0.459 e. The van der Waals surface area contributed by atoms with Gasteiger partial charge < -0.3 is 48.8 Å². The summed E-state index contributed by atoms with van der Waals surface area (Å²) < 4.78 is 31.7. The summed E-state index contributed by atoms with van der Waals surface area (Å²) in [5.41, 5.74) is -1.55. The molecule has 12 heteroatoms. The van der Waals surface area contributed by atoms with Gasteiger partial charge in [-0.15, -0.1) is 0 Å². The molecule has 0 spiro atoms. The van der Waals surface area contributed by atoms with Gasteiger partial charge in [0.25, 0.3) is 6.02 Å². The Hall–Kier alpha value is -2.32.